The van der Waals surface area contributed by atoms with E-state index in [2.05, 4.69) is 29.6 Å². The van der Waals surface area contributed by atoms with E-state index in [-0.39, 0.29) is 6.61 Å². The number of benzene rings is 2. The van der Waals surface area contributed by atoms with Gasteiger partial charge < -0.3 is 15.5 Å². The summed E-state index contributed by atoms with van der Waals surface area (Å²) < 4.78 is 0. The fourth-order valence-corrected chi connectivity index (χ4v) is 1.96. The number of rotatable bonds is 5. The van der Waals surface area contributed by atoms with Gasteiger partial charge in [-0.2, -0.15) is 0 Å². The van der Waals surface area contributed by atoms with Gasteiger partial charge in [0.25, 0.3) is 0 Å². The Labute approximate surface area is 113 Å². The minimum absolute atomic E-state index is 0.228. The molecule has 3 heteroatoms. The van der Waals surface area contributed by atoms with Crippen LogP contribution in [-0.2, 0) is 0 Å². The molecule has 0 aliphatic carbocycles. The quantitative estimate of drug-likeness (QED) is 0.771. The van der Waals surface area contributed by atoms with Crippen LogP contribution in [0.5, 0.6) is 0 Å². The first kappa shape index (κ1) is 13.6. The molecule has 0 spiro atoms. The third-order valence-electron chi connectivity index (χ3n) is 3.07. The Morgan fingerprint density at radius 1 is 1.05 bits per heavy atom. The Morgan fingerprint density at radius 3 is 2.42 bits per heavy atom. The molecule has 0 saturated heterocycles. The molecule has 100 valence electrons. The first-order valence-corrected chi connectivity index (χ1v) is 6.39. The number of nitrogens with one attached hydrogen (secondary N) is 1. The first-order chi connectivity index (χ1) is 9.20. The van der Waals surface area contributed by atoms with Crippen LogP contribution in [0.1, 0.15) is 5.56 Å². The topological polar surface area (TPSA) is 52.5 Å². The highest BCUT2D eigenvalue weighted by atomic mass is 16.3. The molecule has 0 aliphatic heterocycles. The van der Waals surface area contributed by atoms with Crippen molar-refractivity contribution < 1.29 is 10.2 Å². The average Bonchev–Trinajstić information content (AvgIpc) is 2.46. The van der Waals surface area contributed by atoms with Crippen LogP contribution < -0.4 is 5.32 Å². The molecular weight excluding hydrogens is 238 g/mol. The summed E-state index contributed by atoms with van der Waals surface area (Å²) in [6, 6.07) is 16.4. The Balaban J connectivity index is 2.13. The summed E-state index contributed by atoms with van der Waals surface area (Å²) in [5.74, 6) is 0. The van der Waals surface area contributed by atoms with Crippen LogP contribution in [0.25, 0.3) is 11.1 Å². The summed E-state index contributed by atoms with van der Waals surface area (Å²) in [5, 5.41) is 21.2. The van der Waals surface area contributed by atoms with Gasteiger partial charge in [0.1, 0.15) is 0 Å². The van der Waals surface area contributed by atoms with Crippen LogP contribution in [-0.4, -0.2) is 29.5 Å². The minimum Gasteiger partial charge on any atom is -0.394 e. The van der Waals surface area contributed by atoms with Crippen LogP contribution in [0.4, 0.5) is 5.69 Å². The lowest BCUT2D eigenvalue weighted by atomic mass is 10.0. The first-order valence-electron chi connectivity index (χ1n) is 6.39. The summed E-state index contributed by atoms with van der Waals surface area (Å²) in [6.07, 6.45) is -0.729. The van der Waals surface area contributed by atoms with Crippen molar-refractivity contribution in [2.45, 2.75) is 13.0 Å². The Morgan fingerprint density at radius 2 is 1.79 bits per heavy atom. The highest BCUT2D eigenvalue weighted by molar-refractivity contribution is 5.68. The summed E-state index contributed by atoms with van der Waals surface area (Å²) in [4.78, 5) is 0. The maximum absolute atomic E-state index is 9.33. The van der Waals surface area contributed by atoms with Crippen molar-refractivity contribution in [3.8, 4) is 11.1 Å². The standard InChI is InChI=1S/C16H19NO2/c1-12-9-14(13-5-3-2-4-6-13)7-8-16(12)17-10-15(19)11-18/h2-9,15,17-19H,10-11H2,1H3. The van der Waals surface area contributed by atoms with Crippen molar-refractivity contribution in [1.29, 1.82) is 0 Å². The molecule has 2 aromatic carbocycles. The zero-order valence-electron chi connectivity index (χ0n) is 11.0. The number of anilines is 1. The summed E-state index contributed by atoms with van der Waals surface area (Å²) in [5.41, 5.74) is 4.46. The van der Waals surface area contributed by atoms with Gasteiger partial charge in [-0.1, -0.05) is 36.4 Å². The summed E-state index contributed by atoms with van der Waals surface area (Å²) in [7, 11) is 0. The maximum Gasteiger partial charge on any atom is 0.0942 e. The predicted molar refractivity (Wildman–Crippen MR) is 78.2 cm³/mol. The average molecular weight is 257 g/mol. The molecule has 0 aliphatic rings. The van der Waals surface area contributed by atoms with Crippen LogP contribution in [0.3, 0.4) is 0 Å². The van der Waals surface area contributed by atoms with Gasteiger partial charge in [-0.05, 0) is 35.7 Å². The van der Waals surface area contributed by atoms with Crippen molar-refractivity contribution in [1.82, 2.24) is 0 Å². The van der Waals surface area contributed by atoms with E-state index in [1.807, 2.05) is 31.2 Å². The summed E-state index contributed by atoms with van der Waals surface area (Å²) in [6.45, 7) is 2.15. The van der Waals surface area contributed by atoms with Crippen LogP contribution in [0, 0.1) is 6.92 Å². The lowest BCUT2D eigenvalue weighted by Gasteiger charge is -2.13. The fraction of sp³-hybridized carbons (Fsp3) is 0.250. The largest absolute Gasteiger partial charge is 0.394 e. The van der Waals surface area contributed by atoms with Gasteiger partial charge in [-0.15, -0.1) is 0 Å². The number of aliphatic hydroxyl groups excluding tert-OH is 2. The predicted octanol–water partition coefficient (Wildman–Crippen LogP) is 2.43. The van der Waals surface area contributed by atoms with Gasteiger partial charge in [0, 0.05) is 12.2 Å². The molecular formula is C16H19NO2. The molecule has 0 heterocycles. The molecule has 0 bridgehead atoms. The molecule has 1 unspecified atom stereocenters. The number of hydrogen-bond acceptors (Lipinski definition) is 3. The second-order valence-corrected chi connectivity index (χ2v) is 4.61. The van der Waals surface area contributed by atoms with E-state index >= 15 is 0 Å². The Bertz CT molecular complexity index is 526. The zero-order chi connectivity index (χ0) is 13.7. The second kappa shape index (κ2) is 6.36. The van der Waals surface area contributed by atoms with Gasteiger partial charge in [0.15, 0.2) is 0 Å². The van der Waals surface area contributed by atoms with E-state index in [4.69, 9.17) is 5.11 Å². The van der Waals surface area contributed by atoms with Gasteiger partial charge in [0.05, 0.1) is 12.7 Å². The molecule has 0 saturated carbocycles. The highest BCUT2D eigenvalue weighted by Crippen LogP contribution is 2.24. The van der Waals surface area contributed by atoms with E-state index in [9.17, 15) is 5.11 Å². The van der Waals surface area contributed by atoms with Crippen LogP contribution >= 0.6 is 0 Å². The van der Waals surface area contributed by atoms with E-state index in [0.717, 1.165) is 11.3 Å². The minimum atomic E-state index is -0.729. The van der Waals surface area contributed by atoms with Crippen LogP contribution in [0.2, 0.25) is 0 Å². The molecule has 0 aromatic heterocycles. The molecule has 3 nitrogen and oxygen atoms in total. The van der Waals surface area contributed by atoms with Gasteiger partial charge >= 0.3 is 0 Å². The molecule has 1 atom stereocenters. The third-order valence-corrected chi connectivity index (χ3v) is 3.07. The fourth-order valence-electron chi connectivity index (χ4n) is 1.96. The summed E-state index contributed by atoms with van der Waals surface area (Å²) >= 11 is 0. The zero-order valence-corrected chi connectivity index (χ0v) is 11.0. The maximum atomic E-state index is 9.33. The van der Waals surface area contributed by atoms with Gasteiger partial charge in [0.2, 0.25) is 0 Å². The Kier molecular flexibility index (Phi) is 4.55. The lowest BCUT2D eigenvalue weighted by Crippen LogP contribution is -2.23. The second-order valence-electron chi connectivity index (χ2n) is 4.61. The molecule has 19 heavy (non-hydrogen) atoms. The van der Waals surface area contributed by atoms with Crippen LogP contribution in [0.15, 0.2) is 48.5 Å². The lowest BCUT2D eigenvalue weighted by molar-refractivity contribution is 0.105. The van der Waals surface area contributed by atoms with Crippen molar-refractivity contribution in [3.05, 3.63) is 54.1 Å². The Hall–Kier alpha value is -1.84. The van der Waals surface area contributed by atoms with E-state index in [0.29, 0.717) is 6.54 Å². The normalized spacial score (nSPS) is 12.2. The number of hydrogen-bond donors (Lipinski definition) is 3. The number of aliphatic hydroxyl groups is 2. The van der Waals surface area contributed by atoms with E-state index in [1.54, 1.807) is 0 Å². The van der Waals surface area contributed by atoms with Crippen molar-refractivity contribution in [2.24, 2.45) is 0 Å². The van der Waals surface area contributed by atoms with Gasteiger partial charge in [-0.25, -0.2) is 0 Å². The monoisotopic (exact) mass is 257 g/mol. The molecule has 2 rings (SSSR count). The SMILES string of the molecule is Cc1cc(-c2ccccc2)ccc1NCC(O)CO. The molecule has 0 radical (unpaired) electrons. The smallest absolute Gasteiger partial charge is 0.0942 e. The van der Waals surface area contributed by atoms with Crippen molar-refractivity contribution >= 4 is 5.69 Å². The molecule has 2 aromatic rings. The van der Waals surface area contributed by atoms with E-state index < -0.39 is 6.10 Å². The molecule has 0 fully saturated rings. The third kappa shape index (κ3) is 3.56. The highest BCUT2D eigenvalue weighted by Gasteiger charge is 2.04. The molecule has 3 N–H and O–H groups in total. The number of aryl methyl sites for hydroxylation is 1. The van der Waals surface area contributed by atoms with Crippen molar-refractivity contribution in [2.75, 3.05) is 18.5 Å². The van der Waals surface area contributed by atoms with E-state index in [1.165, 1.54) is 11.1 Å². The van der Waals surface area contributed by atoms with Gasteiger partial charge in [-0.3, -0.25) is 0 Å². The molecule has 0 amide bonds. The van der Waals surface area contributed by atoms with Crippen molar-refractivity contribution in [3.63, 3.8) is 0 Å².